The van der Waals surface area contributed by atoms with Gasteiger partial charge in [-0.2, -0.15) is 0 Å². The van der Waals surface area contributed by atoms with Crippen LogP contribution in [0.25, 0.3) is 0 Å². The predicted octanol–water partition coefficient (Wildman–Crippen LogP) is 0.671. The summed E-state index contributed by atoms with van der Waals surface area (Å²) < 4.78 is 24.7. The summed E-state index contributed by atoms with van der Waals surface area (Å²) in [7, 11) is -3.10. The van der Waals surface area contributed by atoms with Crippen LogP contribution in [0.1, 0.15) is 19.3 Å². The van der Waals surface area contributed by atoms with Crippen LogP contribution in [0.5, 0.6) is 0 Å². The maximum atomic E-state index is 11.8. The van der Waals surface area contributed by atoms with E-state index in [4.69, 9.17) is 0 Å². The molecule has 1 fully saturated rings. The Labute approximate surface area is 137 Å². The molecule has 1 saturated heterocycles. The number of hydrogen-bond donors (Lipinski definition) is 2. The van der Waals surface area contributed by atoms with Crippen molar-refractivity contribution in [2.24, 2.45) is 5.92 Å². The average molecular weight is 340 g/mol. The minimum absolute atomic E-state index is 0.0630. The number of nitrogens with one attached hydrogen (secondary N) is 2. The minimum atomic E-state index is -3.10. The van der Waals surface area contributed by atoms with Crippen LogP contribution < -0.4 is 10.6 Å². The van der Waals surface area contributed by atoms with E-state index in [1.165, 1.54) is 10.6 Å². The largest absolute Gasteiger partial charge is 0.325 e. The third-order valence-corrected chi connectivity index (χ3v) is 5.13. The van der Waals surface area contributed by atoms with Crippen LogP contribution in [0.4, 0.5) is 5.69 Å². The molecule has 0 spiro atoms. The number of amides is 1. The number of carbonyl (C=O) groups is 1. The zero-order chi connectivity index (χ0) is 16.7. The Morgan fingerprint density at radius 3 is 3.00 bits per heavy atom. The van der Waals surface area contributed by atoms with Crippen molar-refractivity contribution in [3.8, 4) is 0 Å². The summed E-state index contributed by atoms with van der Waals surface area (Å²) >= 11 is 0. The molecule has 8 heteroatoms. The van der Waals surface area contributed by atoms with Gasteiger partial charge in [0.05, 0.1) is 18.1 Å². The van der Waals surface area contributed by atoms with E-state index in [1.54, 1.807) is 24.5 Å². The molecule has 128 valence electrons. The standard InChI is InChI=1S/C15H24N4O3S/c1-23(21,22)19-9-3-4-13(12-19)10-17-8-6-15(20)18-14-5-2-7-16-11-14/h2,5,7,11,13,17H,3-4,6,8-10,12H2,1H3,(H,18,20). The van der Waals surface area contributed by atoms with E-state index in [-0.39, 0.29) is 5.91 Å². The molecule has 2 N–H and O–H groups in total. The third kappa shape index (κ3) is 6.25. The van der Waals surface area contributed by atoms with Gasteiger partial charge in [-0.3, -0.25) is 9.78 Å². The summed E-state index contributed by atoms with van der Waals surface area (Å²) in [5.41, 5.74) is 0.688. The van der Waals surface area contributed by atoms with Gasteiger partial charge in [-0.25, -0.2) is 12.7 Å². The smallest absolute Gasteiger partial charge is 0.225 e. The number of sulfonamides is 1. The van der Waals surface area contributed by atoms with Crippen molar-refractivity contribution >= 4 is 21.6 Å². The van der Waals surface area contributed by atoms with Crippen molar-refractivity contribution in [2.75, 3.05) is 37.8 Å². The quantitative estimate of drug-likeness (QED) is 0.712. The molecule has 0 saturated carbocycles. The second kappa shape index (κ2) is 8.37. The number of aromatic nitrogens is 1. The van der Waals surface area contributed by atoms with Gasteiger partial charge in [0.25, 0.3) is 0 Å². The molecule has 1 unspecified atom stereocenters. The Kier molecular flexibility index (Phi) is 6.49. The molecule has 0 radical (unpaired) electrons. The lowest BCUT2D eigenvalue weighted by Gasteiger charge is -2.31. The van der Waals surface area contributed by atoms with Gasteiger partial charge in [-0.05, 0) is 37.4 Å². The third-order valence-electron chi connectivity index (χ3n) is 3.86. The molecule has 1 aromatic rings. The normalized spacial score (nSPS) is 19.4. The summed E-state index contributed by atoms with van der Waals surface area (Å²) in [6, 6.07) is 3.56. The van der Waals surface area contributed by atoms with Crippen molar-refractivity contribution in [3.05, 3.63) is 24.5 Å². The fourth-order valence-corrected chi connectivity index (χ4v) is 3.61. The van der Waals surface area contributed by atoms with E-state index in [9.17, 15) is 13.2 Å². The average Bonchev–Trinajstić information content (AvgIpc) is 2.52. The monoisotopic (exact) mass is 340 g/mol. The van der Waals surface area contributed by atoms with Crippen LogP contribution in [0.2, 0.25) is 0 Å². The Hall–Kier alpha value is -1.51. The van der Waals surface area contributed by atoms with Gasteiger partial charge in [0.1, 0.15) is 0 Å². The zero-order valence-electron chi connectivity index (χ0n) is 13.4. The van der Waals surface area contributed by atoms with Crippen LogP contribution in [0.15, 0.2) is 24.5 Å². The summed E-state index contributed by atoms with van der Waals surface area (Å²) in [5, 5.41) is 6.02. The first kappa shape index (κ1) is 17.8. The number of rotatable bonds is 7. The van der Waals surface area contributed by atoms with E-state index in [0.717, 1.165) is 19.4 Å². The molecule has 1 aliphatic heterocycles. The summed E-state index contributed by atoms with van der Waals surface area (Å²) in [5.74, 6) is 0.242. The number of pyridine rings is 1. The van der Waals surface area contributed by atoms with Gasteiger partial charge in [-0.15, -0.1) is 0 Å². The molecule has 1 amide bonds. The molecule has 1 atom stereocenters. The highest BCUT2D eigenvalue weighted by Crippen LogP contribution is 2.17. The van der Waals surface area contributed by atoms with E-state index in [1.807, 2.05) is 0 Å². The molecule has 0 bridgehead atoms. The maximum absolute atomic E-state index is 11.8. The number of anilines is 1. The van der Waals surface area contributed by atoms with E-state index in [2.05, 4.69) is 15.6 Å². The molecular weight excluding hydrogens is 316 g/mol. The van der Waals surface area contributed by atoms with Crippen molar-refractivity contribution in [3.63, 3.8) is 0 Å². The molecule has 1 aliphatic rings. The molecule has 2 heterocycles. The van der Waals surface area contributed by atoms with Gasteiger partial charge in [-0.1, -0.05) is 0 Å². The van der Waals surface area contributed by atoms with Crippen molar-refractivity contribution < 1.29 is 13.2 Å². The highest BCUT2D eigenvalue weighted by atomic mass is 32.2. The second-order valence-corrected chi connectivity index (χ2v) is 7.86. The summed E-state index contributed by atoms with van der Waals surface area (Å²) in [6.07, 6.45) is 6.79. The first-order chi connectivity index (χ1) is 10.9. The van der Waals surface area contributed by atoms with Crippen molar-refractivity contribution in [1.82, 2.24) is 14.6 Å². The van der Waals surface area contributed by atoms with Crippen LogP contribution in [-0.2, 0) is 14.8 Å². The van der Waals surface area contributed by atoms with Crippen LogP contribution in [-0.4, -0.2) is 56.0 Å². The van der Waals surface area contributed by atoms with Gasteiger partial charge in [0, 0.05) is 32.3 Å². The van der Waals surface area contributed by atoms with Gasteiger partial charge >= 0.3 is 0 Å². The van der Waals surface area contributed by atoms with Crippen LogP contribution in [0, 0.1) is 5.92 Å². The van der Waals surface area contributed by atoms with Crippen LogP contribution >= 0.6 is 0 Å². The molecule has 0 aromatic carbocycles. The van der Waals surface area contributed by atoms with Crippen molar-refractivity contribution in [1.29, 1.82) is 0 Å². The highest BCUT2D eigenvalue weighted by molar-refractivity contribution is 7.88. The zero-order valence-corrected chi connectivity index (χ0v) is 14.2. The fourth-order valence-electron chi connectivity index (χ4n) is 2.66. The van der Waals surface area contributed by atoms with Gasteiger partial charge in [0.2, 0.25) is 15.9 Å². The number of piperidine rings is 1. The number of hydrogen-bond acceptors (Lipinski definition) is 5. The van der Waals surface area contributed by atoms with E-state index < -0.39 is 10.0 Å². The Morgan fingerprint density at radius 2 is 2.30 bits per heavy atom. The van der Waals surface area contributed by atoms with E-state index in [0.29, 0.717) is 37.7 Å². The maximum Gasteiger partial charge on any atom is 0.225 e. The lowest BCUT2D eigenvalue weighted by molar-refractivity contribution is -0.116. The first-order valence-electron chi connectivity index (χ1n) is 7.81. The molecule has 2 rings (SSSR count). The Balaban J connectivity index is 1.64. The molecule has 7 nitrogen and oxygen atoms in total. The summed E-state index contributed by atoms with van der Waals surface area (Å²) in [4.78, 5) is 15.7. The lowest BCUT2D eigenvalue weighted by atomic mass is 10.00. The lowest BCUT2D eigenvalue weighted by Crippen LogP contribution is -2.42. The second-order valence-electron chi connectivity index (χ2n) is 5.87. The summed E-state index contributed by atoms with van der Waals surface area (Å²) in [6.45, 7) is 2.48. The van der Waals surface area contributed by atoms with Gasteiger partial charge < -0.3 is 10.6 Å². The van der Waals surface area contributed by atoms with Crippen molar-refractivity contribution in [2.45, 2.75) is 19.3 Å². The molecular formula is C15H24N4O3S. The van der Waals surface area contributed by atoms with E-state index >= 15 is 0 Å². The van der Waals surface area contributed by atoms with Gasteiger partial charge in [0.15, 0.2) is 0 Å². The predicted molar refractivity (Wildman–Crippen MR) is 89.5 cm³/mol. The molecule has 1 aromatic heterocycles. The number of nitrogens with zero attached hydrogens (tertiary/aromatic N) is 2. The highest BCUT2D eigenvalue weighted by Gasteiger charge is 2.25. The Bertz CT molecular complexity index is 606. The number of carbonyl (C=O) groups excluding carboxylic acids is 1. The van der Waals surface area contributed by atoms with Crippen LogP contribution in [0.3, 0.4) is 0 Å². The SMILES string of the molecule is CS(=O)(=O)N1CCCC(CNCCC(=O)Nc2cccnc2)C1. The molecule has 23 heavy (non-hydrogen) atoms. The first-order valence-corrected chi connectivity index (χ1v) is 9.65. The topological polar surface area (TPSA) is 91.4 Å². The minimum Gasteiger partial charge on any atom is -0.325 e. The Morgan fingerprint density at radius 1 is 1.48 bits per heavy atom. The molecule has 0 aliphatic carbocycles. The fraction of sp³-hybridized carbons (Fsp3) is 0.600.